The summed E-state index contributed by atoms with van der Waals surface area (Å²) >= 11 is 0. The van der Waals surface area contributed by atoms with E-state index in [1.807, 2.05) is 38.1 Å². The van der Waals surface area contributed by atoms with E-state index in [-0.39, 0.29) is 36.8 Å². The van der Waals surface area contributed by atoms with Crippen molar-refractivity contribution in [2.24, 2.45) is 17.3 Å². The van der Waals surface area contributed by atoms with E-state index in [0.717, 1.165) is 11.1 Å². The Bertz CT molecular complexity index is 1030. The fourth-order valence-corrected chi connectivity index (χ4v) is 4.92. The summed E-state index contributed by atoms with van der Waals surface area (Å²) in [6.45, 7) is 4.38. The van der Waals surface area contributed by atoms with E-state index in [1.54, 1.807) is 0 Å². The van der Waals surface area contributed by atoms with E-state index >= 15 is 0 Å². The number of carboxylic acids is 1. The first-order chi connectivity index (χ1) is 16.4. The van der Waals surface area contributed by atoms with Crippen molar-refractivity contribution in [2.75, 3.05) is 19.7 Å². The Morgan fingerprint density at radius 1 is 0.971 bits per heavy atom. The summed E-state index contributed by atoms with van der Waals surface area (Å²) in [6.07, 6.45) is 1.09. The molecule has 0 radical (unpaired) electrons. The molecule has 4 rings (SSSR count). The molecule has 7 heteroatoms. The second kappa shape index (κ2) is 9.87. The summed E-state index contributed by atoms with van der Waals surface area (Å²) in [7, 11) is 0. The summed E-state index contributed by atoms with van der Waals surface area (Å²) in [5.74, 6) is -1.18. The minimum atomic E-state index is -0.931. The van der Waals surface area contributed by atoms with Gasteiger partial charge < -0.3 is 20.5 Å². The van der Waals surface area contributed by atoms with Crippen molar-refractivity contribution < 1.29 is 24.2 Å². The molecule has 0 unspecified atom stereocenters. The first-order valence-corrected chi connectivity index (χ1v) is 12.0. The number of nitrogens with one attached hydrogen (secondary N) is 2. The third-order valence-corrected chi connectivity index (χ3v) is 7.52. The smallest absolute Gasteiger partial charge is 0.407 e. The van der Waals surface area contributed by atoms with Gasteiger partial charge in [0.1, 0.15) is 6.61 Å². The highest BCUT2D eigenvalue weighted by Gasteiger charge is 2.44. The van der Waals surface area contributed by atoms with Crippen LogP contribution in [-0.2, 0) is 14.3 Å². The number of carbonyl (C=O) groups is 3. The first kappa shape index (κ1) is 23.8. The molecule has 2 aromatic rings. The number of amides is 2. The number of carbonyl (C=O) groups excluding carboxylic acids is 2. The average Bonchev–Trinajstić information content (AvgIpc) is 3.57. The molecular formula is C27H32N2O5. The SMILES string of the molecule is CCC(CC)(CNC(=O)[C@H]1C[C@H]1CNC(=O)OCC1c2ccccc2-c2ccccc21)C(=O)O. The molecule has 0 spiro atoms. The zero-order chi connectivity index (χ0) is 24.3. The lowest BCUT2D eigenvalue weighted by Crippen LogP contribution is -2.43. The molecule has 3 N–H and O–H groups in total. The molecule has 7 nitrogen and oxygen atoms in total. The number of rotatable bonds is 10. The lowest BCUT2D eigenvalue weighted by atomic mass is 9.82. The van der Waals surface area contributed by atoms with Gasteiger partial charge in [-0.25, -0.2) is 4.79 Å². The second-order valence-corrected chi connectivity index (χ2v) is 9.32. The highest BCUT2D eigenvalue weighted by atomic mass is 16.5. The Labute approximate surface area is 199 Å². The Morgan fingerprint density at radius 2 is 1.56 bits per heavy atom. The van der Waals surface area contributed by atoms with E-state index in [9.17, 15) is 19.5 Å². The largest absolute Gasteiger partial charge is 0.481 e. The lowest BCUT2D eigenvalue weighted by molar-refractivity contribution is -0.149. The van der Waals surface area contributed by atoms with Gasteiger partial charge >= 0.3 is 12.1 Å². The van der Waals surface area contributed by atoms with Gasteiger partial charge in [0.15, 0.2) is 0 Å². The molecule has 2 aromatic carbocycles. The predicted octanol–water partition coefficient (Wildman–Crippen LogP) is 4.17. The zero-order valence-corrected chi connectivity index (χ0v) is 19.7. The maximum absolute atomic E-state index is 12.4. The average molecular weight is 465 g/mol. The van der Waals surface area contributed by atoms with Crippen LogP contribution >= 0.6 is 0 Å². The van der Waals surface area contributed by atoms with Crippen LogP contribution in [0.4, 0.5) is 4.79 Å². The van der Waals surface area contributed by atoms with Gasteiger partial charge in [-0.15, -0.1) is 0 Å². The Balaban J connectivity index is 1.23. The van der Waals surface area contributed by atoms with Gasteiger partial charge in [-0.3, -0.25) is 9.59 Å². The number of carboxylic acid groups (broad SMARTS) is 1. The molecule has 0 bridgehead atoms. The van der Waals surface area contributed by atoms with Crippen LogP contribution in [0.1, 0.15) is 50.2 Å². The summed E-state index contributed by atoms with van der Waals surface area (Å²) in [6, 6.07) is 16.4. The monoisotopic (exact) mass is 464 g/mol. The van der Waals surface area contributed by atoms with E-state index in [1.165, 1.54) is 11.1 Å². The number of alkyl carbamates (subject to hydrolysis) is 1. The molecular weight excluding hydrogens is 432 g/mol. The molecule has 2 atom stereocenters. The van der Waals surface area contributed by atoms with Crippen LogP contribution < -0.4 is 10.6 Å². The van der Waals surface area contributed by atoms with E-state index in [4.69, 9.17) is 4.74 Å². The van der Waals surface area contributed by atoms with Crippen LogP contribution in [0.5, 0.6) is 0 Å². The number of ether oxygens (including phenoxy) is 1. The van der Waals surface area contributed by atoms with Crippen molar-refractivity contribution in [1.29, 1.82) is 0 Å². The van der Waals surface area contributed by atoms with Gasteiger partial charge in [0.05, 0.1) is 5.41 Å². The van der Waals surface area contributed by atoms with Crippen molar-refractivity contribution in [3.63, 3.8) is 0 Å². The third-order valence-electron chi connectivity index (χ3n) is 7.52. The highest BCUT2D eigenvalue weighted by Crippen LogP contribution is 2.44. The number of benzene rings is 2. The summed E-state index contributed by atoms with van der Waals surface area (Å²) in [5, 5.41) is 15.1. The molecule has 0 heterocycles. The van der Waals surface area contributed by atoms with Crippen molar-refractivity contribution in [1.82, 2.24) is 10.6 Å². The maximum atomic E-state index is 12.4. The maximum Gasteiger partial charge on any atom is 0.407 e. The van der Waals surface area contributed by atoms with Gasteiger partial charge in [-0.2, -0.15) is 0 Å². The molecule has 1 saturated carbocycles. The molecule has 0 aromatic heterocycles. The van der Waals surface area contributed by atoms with Crippen LogP contribution in [0.3, 0.4) is 0 Å². The first-order valence-electron chi connectivity index (χ1n) is 12.0. The van der Waals surface area contributed by atoms with Crippen molar-refractivity contribution in [3.8, 4) is 11.1 Å². The van der Waals surface area contributed by atoms with Gasteiger partial charge in [-0.1, -0.05) is 62.4 Å². The molecule has 0 aliphatic heterocycles. The Hall–Kier alpha value is -3.35. The molecule has 2 aliphatic carbocycles. The molecule has 34 heavy (non-hydrogen) atoms. The van der Waals surface area contributed by atoms with Gasteiger partial charge in [-0.05, 0) is 47.4 Å². The van der Waals surface area contributed by atoms with Gasteiger partial charge in [0.25, 0.3) is 0 Å². The van der Waals surface area contributed by atoms with Gasteiger partial charge in [0, 0.05) is 24.9 Å². The Kier molecular flexibility index (Phi) is 6.91. The van der Waals surface area contributed by atoms with Crippen LogP contribution in [-0.4, -0.2) is 42.8 Å². The van der Waals surface area contributed by atoms with Crippen LogP contribution in [0, 0.1) is 17.3 Å². The highest BCUT2D eigenvalue weighted by molar-refractivity contribution is 5.83. The van der Waals surface area contributed by atoms with E-state index < -0.39 is 17.5 Å². The fourth-order valence-electron chi connectivity index (χ4n) is 4.92. The normalized spacial score (nSPS) is 18.5. The van der Waals surface area contributed by atoms with Crippen molar-refractivity contribution in [2.45, 2.75) is 39.0 Å². The summed E-state index contributed by atoms with van der Waals surface area (Å²) in [5.41, 5.74) is 3.74. The topological polar surface area (TPSA) is 105 Å². The second-order valence-electron chi connectivity index (χ2n) is 9.32. The molecule has 1 fully saturated rings. The number of fused-ring (bicyclic) bond motifs is 3. The van der Waals surface area contributed by atoms with E-state index in [2.05, 4.69) is 34.9 Å². The molecule has 0 saturated heterocycles. The van der Waals surface area contributed by atoms with Crippen molar-refractivity contribution in [3.05, 3.63) is 59.7 Å². The lowest BCUT2D eigenvalue weighted by Gasteiger charge is -2.26. The quantitative estimate of drug-likeness (QED) is 0.490. The molecule has 2 aliphatic rings. The standard InChI is InChI=1S/C27H32N2O5/c1-3-27(4-2,25(31)32)16-29-24(30)22-13-17(22)14-28-26(33)34-15-23-20-11-7-5-9-18(20)19-10-6-8-12-21(19)23/h5-12,17,22-23H,3-4,13-16H2,1-2H3,(H,28,33)(H,29,30)(H,31,32)/t17-,22-/m0/s1. The summed E-state index contributed by atoms with van der Waals surface area (Å²) in [4.78, 5) is 36.4. The molecule has 180 valence electrons. The number of hydrogen-bond acceptors (Lipinski definition) is 4. The number of aliphatic carboxylic acids is 1. The summed E-state index contributed by atoms with van der Waals surface area (Å²) < 4.78 is 5.55. The minimum Gasteiger partial charge on any atom is -0.481 e. The fraction of sp³-hybridized carbons (Fsp3) is 0.444. The van der Waals surface area contributed by atoms with E-state index in [0.29, 0.717) is 25.8 Å². The van der Waals surface area contributed by atoms with Crippen LogP contribution in [0.25, 0.3) is 11.1 Å². The third kappa shape index (κ3) is 4.65. The number of hydrogen-bond donors (Lipinski definition) is 3. The van der Waals surface area contributed by atoms with Crippen molar-refractivity contribution >= 4 is 18.0 Å². The predicted molar refractivity (Wildman–Crippen MR) is 128 cm³/mol. The minimum absolute atomic E-state index is 0.00392. The van der Waals surface area contributed by atoms with Gasteiger partial charge in [0.2, 0.25) is 5.91 Å². The van der Waals surface area contributed by atoms with Crippen LogP contribution in [0.2, 0.25) is 0 Å². The van der Waals surface area contributed by atoms with Crippen LogP contribution in [0.15, 0.2) is 48.5 Å². The zero-order valence-electron chi connectivity index (χ0n) is 19.7. The Morgan fingerprint density at radius 3 is 2.12 bits per heavy atom. The molecule has 2 amide bonds.